The molecule has 2 fully saturated rings. The van der Waals surface area contributed by atoms with Crippen LogP contribution >= 0.6 is 23.4 Å². The van der Waals surface area contributed by atoms with Crippen LogP contribution in [0.5, 0.6) is 0 Å². The lowest BCUT2D eigenvalue weighted by Gasteiger charge is -2.43. The highest BCUT2D eigenvalue weighted by Gasteiger charge is 2.64. The molecule has 3 rings (SSSR count). The molecule has 1 aromatic rings. The Hall–Kier alpha value is -1.93. The Bertz CT molecular complexity index is 709. The lowest BCUT2D eigenvalue weighted by Crippen LogP contribution is -2.70. The highest BCUT2D eigenvalue weighted by molar-refractivity contribution is 8.01. The molecule has 1 aromatic carbocycles. The summed E-state index contributed by atoms with van der Waals surface area (Å²) in [5.74, 6) is -1.41. The molecule has 2 saturated heterocycles. The van der Waals surface area contributed by atoms with Crippen molar-refractivity contribution in [3.8, 4) is 0 Å². The Kier molecular flexibility index (Phi) is 4.13. The second-order valence-corrected chi connectivity index (χ2v) is 8.39. The lowest BCUT2D eigenvalue weighted by atomic mass is 9.96. The topological polar surface area (TPSA) is 98.7 Å². The monoisotopic (exact) mass is 369 g/mol. The first-order valence-corrected chi connectivity index (χ1v) is 8.52. The number of nitrogens with zero attached hydrogens (tertiary/aromatic N) is 1. The number of halogens is 1. The number of fused-ring (bicyclic) bond motifs is 1. The van der Waals surface area contributed by atoms with E-state index in [1.165, 1.54) is 16.7 Å². The summed E-state index contributed by atoms with van der Waals surface area (Å²) in [5, 5.41) is 14.8. The second kappa shape index (κ2) is 5.86. The number of rotatable bonds is 3. The van der Waals surface area contributed by atoms with Crippen molar-refractivity contribution in [3.05, 3.63) is 29.3 Å². The van der Waals surface area contributed by atoms with Gasteiger partial charge in [0.15, 0.2) is 0 Å². The third-order valence-electron chi connectivity index (χ3n) is 4.06. The lowest BCUT2D eigenvalue weighted by molar-refractivity contribution is -0.159. The molecule has 0 saturated carbocycles. The van der Waals surface area contributed by atoms with E-state index in [4.69, 9.17) is 11.6 Å². The third kappa shape index (κ3) is 2.80. The van der Waals surface area contributed by atoms with Crippen LogP contribution in [0.1, 0.15) is 13.8 Å². The molecule has 7 nitrogen and oxygen atoms in total. The number of aliphatic carboxylic acids is 1. The van der Waals surface area contributed by atoms with Gasteiger partial charge >= 0.3 is 12.0 Å². The zero-order valence-corrected chi connectivity index (χ0v) is 14.5. The average molecular weight is 370 g/mol. The molecule has 2 aliphatic rings. The van der Waals surface area contributed by atoms with E-state index in [2.05, 4.69) is 10.6 Å². The fourth-order valence-corrected chi connectivity index (χ4v) is 4.74. The van der Waals surface area contributed by atoms with Crippen LogP contribution in [0.3, 0.4) is 0 Å². The van der Waals surface area contributed by atoms with E-state index in [1.807, 2.05) is 0 Å². The fourth-order valence-electron chi connectivity index (χ4n) is 2.99. The predicted octanol–water partition coefficient (Wildman–Crippen LogP) is 1.98. The van der Waals surface area contributed by atoms with Crippen LogP contribution < -0.4 is 10.6 Å². The van der Waals surface area contributed by atoms with E-state index in [1.54, 1.807) is 38.1 Å². The molecule has 2 heterocycles. The number of benzene rings is 1. The van der Waals surface area contributed by atoms with E-state index >= 15 is 0 Å². The molecule has 0 bridgehead atoms. The van der Waals surface area contributed by atoms with Gasteiger partial charge in [-0.25, -0.2) is 9.59 Å². The molecule has 3 N–H and O–H groups in total. The number of nitrogens with one attached hydrogen (secondary N) is 2. The zero-order valence-electron chi connectivity index (χ0n) is 12.9. The summed E-state index contributed by atoms with van der Waals surface area (Å²) in [6, 6.07) is 4.42. The van der Waals surface area contributed by atoms with Gasteiger partial charge in [-0.3, -0.25) is 4.79 Å². The molecule has 0 aromatic heterocycles. The van der Waals surface area contributed by atoms with Gasteiger partial charge in [0, 0.05) is 15.5 Å². The second-order valence-electron chi connectivity index (χ2n) is 6.18. The molecule has 0 radical (unpaired) electrons. The first-order chi connectivity index (χ1) is 11.2. The Morgan fingerprint density at radius 3 is 2.50 bits per heavy atom. The Balaban J connectivity index is 1.65. The number of carbonyl (C=O) groups is 3. The molecule has 0 unspecified atom stereocenters. The Labute approximate surface area is 147 Å². The minimum Gasteiger partial charge on any atom is -0.480 e. The summed E-state index contributed by atoms with van der Waals surface area (Å²) in [4.78, 5) is 37.1. The molecule has 0 spiro atoms. The number of carboxylic acids is 1. The van der Waals surface area contributed by atoms with E-state index in [0.29, 0.717) is 10.7 Å². The summed E-state index contributed by atoms with van der Waals surface area (Å²) < 4.78 is -0.616. The molecule has 128 valence electrons. The van der Waals surface area contributed by atoms with E-state index in [9.17, 15) is 19.5 Å². The number of carboxylic acid groups (broad SMARTS) is 1. The number of thioether (sulfide) groups is 1. The quantitative estimate of drug-likeness (QED) is 0.707. The smallest absolute Gasteiger partial charge is 0.327 e. The van der Waals surface area contributed by atoms with E-state index < -0.39 is 28.8 Å². The van der Waals surface area contributed by atoms with Gasteiger partial charge in [-0.15, -0.1) is 11.8 Å². The number of hydrogen-bond acceptors (Lipinski definition) is 4. The van der Waals surface area contributed by atoms with Crippen LogP contribution in [-0.4, -0.2) is 50.1 Å². The zero-order chi connectivity index (χ0) is 17.6. The molecular formula is C15H16ClN3O4S. The highest BCUT2D eigenvalue weighted by atomic mass is 35.5. The van der Waals surface area contributed by atoms with Gasteiger partial charge < -0.3 is 20.6 Å². The van der Waals surface area contributed by atoms with Gasteiger partial charge in [0.2, 0.25) is 5.91 Å². The molecule has 24 heavy (non-hydrogen) atoms. The summed E-state index contributed by atoms with van der Waals surface area (Å²) in [7, 11) is 0. The number of anilines is 1. The van der Waals surface area contributed by atoms with Crippen molar-refractivity contribution >= 4 is 47.0 Å². The summed E-state index contributed by atoms with van der Waals surface area (Å²) in [6.07, 6.45) is 0. The number of hydrogen-bond donors (Lipinski definition) is 3. The normalized spacial score (nSPS) is 27.2. The van der Waals surface area contributed by atoms with Gasteiger partial charge in [-0.1, -0.05) is 11.6 Å². The van der Waals surface area contributed by atoms with Crippen LogP contribution in [0, 0.1) is 0 Å². The van der Waals surface area contributed by atoms with Gasteiger partial charge in [-0.2, -0.15) is 0 Å². The van der Waals surface area contributed by atoms with Gasteiger partial charge in [0.1, 0.15) is 17.5 Å². The van der Waals surface area contributed by atoms with Gasteiger partial charge in [0.25, 0.3) is 0 Å². The molecule has 0 aliphatic carbocycles. The number of urea groups is 1. The van der Waals surface area contributed by atoms with Crippen LogP contribution in [0.25, 0.3) is 0 Å². The maximum atomic E-state index is 12.3. The highest BCUT2D eigenvalue weighted by Crippen LogP contribution is 2.50. The molecule has 3 atom stereocenters. The van der Waals surface area contributed by atoms with Crippen molar-refractivity contribution in [1.82, 2.24) is 10.2 Å². The van der Waals surface area contributed by atoms with Crippen molar-refractivity contribution in [2.45, 2.75) is 36.1 Å². The first kappa shape index (κ1) is 16.9. The maximum Gasteiger partial charge on any atom is 0.327 e. The maximum absolute atomic E-state index is 12.3. The van der Waals surface area contributed by atoms with Crippen molar-refractivity contribution in [2.24, 2.45) is 0 Å². The average Bonchev–Trinajstić information content (AvgIpc) is 2.76. The van der Waals surface area contributed by atoms with Gasteiger partial charge in [0.05, 0.1) is 0 Å². The van der Waals surface area contributed by atoms with Crippen molar-refractivity contribution in [1.29, 1.82) is 0 Å². The summed E-state index contributed by atoms with van der Waals surface area (Å²) in [5.41, 5.74) is 0.545. The van der Waals surface area contributed by atoms with Crippen LogP contribution in [0.4, 0.5) is 10.5 Å². The molecule has 2 aliphatic heterocycles. The number of β-lactam (4-membered cyclic amide) rings is 1. The van der Waals surface area contributed by atoms with Crippen LogP contribution in [0.15, 0.2) is 24.3 Å². The number of amides is 3. The van der Waals surface area contributed by atoms with Gasteiger partial charge in [-0.05, 0) is 38.1 Å². The summed E-state index contributed by atoms with van der Waals surface area (Å²) >= 11 is 7.16. The fraction of sp³-hybridized carbons (Fsp3) is 0.400. The molecular weight excluding hydrogens is 354 g/mol. The van der Waals surface area contributed by atoms with Crippen LogP contribution in [-0.2, 0) is 9.59 Å². The third-order valence-corrected chi connectivity index (χ3v) is 5.89. The standard InChI is InChI=1S/C15H16ClN3O4S/c1-15(2)10(13(21)22)19-11(20)9(12(19)24-15)18-14(23)17-8-5-3-7(16)4-6-8/h3-6,9-10,12H,1-2H3,(H,21,22)(H2,17,18,23)/t9-,10+,12-/m1/s1. The van der Waals surface area contributed by atoms with Crippen molar-refractivity contribution in [2.75, 3.05) is 5.32 Å². The molecule has 3 amide bonds. The first-order valence-electron chi connectivity index (χ1n) is 7.26. The molecule has 9 heteroatoms. The minimum absolute atomic E-state index is 0.371. The Morgan fingerprint density at radius 1 is 1.29 bits per heavy atom. The minimum atomic E-state index is -1.03. The Morgan fingerprint density at radius 2 is 1.92 bits per heavy atom. The summed E-state index contributed by atoms with van der Waals surface area (Å²) in [6.45, 7) is 3.57. The van der Waals surface area contributed by atoms with Crippen molar-refractivity contribution in [3.63, 3.8) is 0 Å². The predicted molar refractivity (Wildman–Crippen MR) is 91.1 cm³/mol. The van der Waals surface area contributed by atoms with Crippen molar-refractivity contribution < 1.29 is 19.5 Å². The van der Waals surface area contributed by atoms with Crippen LogP contribution in [0.2, 0.25) is 5.02 Å². The number of carbonyl (C=O) groups excluding carboxylic acids is 2. The van der Waals surface area contributed by atoms with E-state index in [0.717, 1.165) is 0 Å². The van der Waals surface area contributed by atoms with E-state index in [-0.39, 0.29) is 11.3 Å². The largest absolute Gasteiger partial charge is 0.480 e. The SMILES string of the molecule is CC1(C)S[C@@H]2[C@H](NC(=O)Nc3ccc(Cl)cc3)C(=O)N2[C@H]1C(=O)O.